The second-order valence-corrected chi connectivity index (χ2v) is 6.33. The van der Waals surface area contributed by atoms with Gasteiger partial charge in [0.2, 0.25) is 0 Å². The number of hydrogen-bond donors (Lipinski definition) is 1. The summed E-state index contributed by atoms with van der Waals surface area (Å²) >= 11 is 0. The van der Waals surface area contributed by atoms with Gasteiger partial charge in [0.25, 0.3) is 0 Å². The van der Waals surface area contributed by atoms with E-state index in [1.165, 1.54) is 0 Å². The van der Waals surface area contributed by atoms with Gasteiger partial charge in [0, 0.05) is 22.3 Å². The number of carbonyl (C=O) groups is 1. The molecular weight excluding hydrogens is 293 g/mol. The molecule has 0 spiro atoms. The smallest absolute Gasteiger partial charge is 0.335 e. The van der Waals surface area contributed by atoms with Crippen molar-refractivity contribution in [1.29, 1.82) is 0 Å². The van der Waals surface area contributed by atoms with Gasteiger partial charge in [0.15, 0.2) is 0 Å². The van der Waals surface area contributed by atoms with Gasteiger partial charge in [-0.3, -0.25) is 0 Å². The van der Waals surface area contributed by atoms with Crippen molar-refractivity contribution in [3.05, 3.63) is 48.0 Å². The fraction of sp³-hybridized carbons (Fsp3) is 0.316. The molecular formula is C19H18FNO2. The third kappa shape index (κ3) is 2.29. The quantitative estimate of drug-likeness (QED) is 0.728. The zero-order chi connectivity index (χ0) is 16.0. The van der Waals surface area contributed by atoms with Crippen LogP contribution in [0.25, 0.3) is 21.8 Å². The van der Waals surface area contributed by atoms with Crippen LogP contribution in [0.5, 0.6) is 0 Å². The summed E-state index contributed by atoms with van der Waals surface area (Å²) in [5, 5.41) is 11.5. The van der Waals surface area contributed by atoms with Crippen molar-refractivity contribution < 1.29 is 14.3 Å². The maximum Gasteiger partial charge on any atom is 0.335 e. The van der Waals surface area contributed by atoms with Crippen LogP contribution in [0.15, 0.2) is 42.5 Å². The van der Waals surface area contributed by atoms with E-state index in [1.807, 2.05) is 18.2 Å². The molecule has 0 atom stereocenters. The number of para-hydroxylation sites is 1. The Balaban J connectivity index is 1.97. The van der Waals surface area contributed by atoms with Gasteiger partial charge in [-0.2, -0.15) is 0 Å². The van der Waals surface area contributed by atoms with Crippen molar-refractivity contribution in [2.45, 2.75) is 37.9 Å². The molecule has 4 heteroatoms. The Morgan fingerprint density at radius 2 is 1.70 bits per heavy atom. The van der Waals surface area contributed by atoms with E-state index in [9.17, 15) is 14.3 Å². The van der Waals surface area contributed by atoms with Gasteiger partial charge in [0.1, 0.15) is 6.17 Å². The molecule has 1 aliphatic carbocycles. The summed E-state index contributed by atoms with van der Waals surface area (Å²) in [6, 6.07) is 13.6. The highest BCUT2D eigenvalue weighted by molar-refractivity contribution is 6.09. The molecule has 3 aromatic rings. The number of benzene rings is 2. The molecule has 1 fully saturated rings. The Bertz CT molecular complexity index is 891. The van der Waals surface area contributed by atoms with E-state index in [0.29, 0.717) is 18.4 Å². The van der Waals surface area contributed by atoms with Gasteiger partial charge >= 0.3 is 5.97 Å². The van der Waals surface area contributed by atoms with Gasteiger partial charge in [-0.05, 0) is 43.9 Å². The Labute approximate surface area is 133 Å². The molecule has 23 heavy (non-hydrogen) atoms. The van der Waals surface area contributed by atoms with E-state index < -0.39 is 12.1 Å². The molecule has 0 amide bonds. The van der Waals surface area contributed by atoms with E-state index in [0.717, 1.165) is 34.6 Å². The van der Waals surface area contributed by atoms with Crippen molar-refractivity contribution in [2.75, 3.05) is 0 Å². The monoisotopic (exact) mass is 311 g/mol. The number of hydrogen-bond acceptors (Lipinski definition) is 1. The molecule has 1 saturated carbocycles. The molecule has 0 unspecified atom stereocenters. The number of rotatable bonds is 2. The predicted molar refractivity (Wildman–Crippen MR) is 88.8 cm³/mol. The molecule has 4 rings (SSSR count). The van der Waals surface area contributed by atoms with Crippen LogP contribution in [0.2, 0.25) is 0 Å². The van der Waals surface area contributed by atoms with Crippen molar-refractivity contribution in [2.24, 2.45) is 0 Å². The normalized spacial score (nSPS) is 21.8. The highest BCUT2D eigenvalue weighted by Crippen LogP contribution is 2.38. The molecule has 0 aliphatic heterocycles. The van der Waals surface area contributed by atoms with E-state index in [-0.39, 0.29) is 6.04 Å². The average molecular weight is 311 g/mol. The molecule has 1 heterocycles. The van der Waals surface area contributed by atoms with Gasteiger partial charge < -0.3 is 9.67 Å². The van der Waals surface area contributed by atoms with Crippen LogP contribution in [0.3, 0.4) is 0 Å². The van der Waals surface area contributed by atoms with Crippen molar-refractivity contribution in [3.63, 3.8) is 0 Å². The lowest BCUT2D eigenvalue weighted by Gasteiger charge is -2.27. The van der Waals surface area contributed by atoms with Gasteiger partial charge in [0.05, 0.1) is 11.1 Å². The van der Waals surface area contributed by atoms with Crippen LogP contribution in [-0.2, 0) is 0 Å². The minimum Gasteiger partial charge on any atom is -0.478 e. The Morgan fingerprint density at radius 1 is 1.00 bits per heavy atom. The summed E-state index contributed by atoms with van der Waals surface area (Å²) in [7, 11) is 0. The number of aromatic nitrogens is 1. The second kappa shape index (κ2) is 5.37. The predicted octanol–water partition coefficient (Wildman–Crippen LogP) is 4.95. The molecule has 1 aromatic heterocycles. The first-order valence-corrected chi connectivity index (χ1v) is 8.05. The number of aromatic carboxylic acids is 1. The van der Waals surface area contributed by atoms with E-state index in [2.05, 4.69) is 16.7 Å². The summed E-state index contributed by atoms with van der Waals surface area (Å²) in [5.74, 6) is -0.920. The third-order valence-electron chi connectivity index (χ3n) is 4.95. The van der Waals surface area contributed by atoms with E-state index >= 15 is 0 Å². The lowest BCUT2D eigenvalue weighted by atomic mass is 9.93. The summed E-state index contributed by atoms with van der Waals surface area (Å²) in [6.07, 6.45) is 2.06. The molecule has 118 valence electrons. The number of alkyl halides is 1. The maximum absolute atomic E-state index is 13.5. The number of carboxylic acid groups (broad SMARTS) is 1. The lowest BCUT2D eigenvalue weighted by Crippen LogP contribution is -2.18. The first kappa shape index (κ1) is 14.2. The molecule has 3 nitrogen and oxygen atoms in total. The van der Waals surface area contributed by atoms with Crippen LogP contribution < -0.4 is 0 Å². The summed E-state index contributed by atoms with van der Waals surface area (Å²) in [4.78, 5) is 11.3. The number of carboxylic acids is 1. The minimum atomic E-state index is -0.920. The standard InChI is InChI=1S/C19H18FNO2/c20-13-6-8-14(9-7-13)21-17-4-2-1-3-15(17)16-10-5-12(19(22)23)11-18(16)21/h1-5,10-11,13-14H,6-9H2,(H,22,23). The highest BCUT2D eigenvalue weighted by atomic mass is 19.1. The summed E-state index contributed by atoms with van der Waals surface area (Å²) < 4.78 is 15.7. The maximum atomic E-state index is 13.5. The topological polar surface area (TPSA) is 42.2 Å². The molecule has 2 aromatic carbocycles. The Kier molecular flexibility index (Phi) is 3.33. The molecule has 1 N–H and O–H groups in total. The minimum absolute atomic E-state index is 0.230. The number of halogens is 1. The summed E-state index contributed by atoms with van der Waals surface area (Å²) in [6.45, 7) is 0. The van der Waals surface area contributed by atoms with Gasteiger partial charge in [-0.25, -0.2) is 9.18 Å². The fourth-order valence-corrected chi connectivity index (χ4v) is 3.82. The highest BCUT2D eigenvalue weighted by Gasteiger charge is 2.25. The van der Waals surface area contributed by atoms with Crippen molar-refractivity contribution in [3.8, 4) is 0 Å². The zero-order valence-electron chi connectivity index (χ0n) is 12.7. The molecule has 1 aliphatic rings. The van der Waals surface area contributed by atoms with Crippen molar-refractivity contribution in [1.82, 2.24) is 4.57 Å². The van der Waals surface area contributed by atoms with Crippen LogP contribution in [-0.4, -0.2) is 21.8 Å². The molecule has 0 bridgehead atoms. The summed E-state index contributed by atoms with van der Waals surface area (Å²) in [5.41, 5.74) is 2.33. The van der Waals surface area contributed by atoms with Gasteiger partial charge in [-0.15, -0.1) is 0 Å². The SMILES string of the molecule is O=C(O)c1ccc2c3ccccc3n(C3CCC(F)CC3)c2c1. The van der Waals surface area contributed by atoms with E-state index in [4.69, 9.17) is 0 Å². The largest absolute Gasteiger partial charge is 0.478 e. The average Bonchev–Trinajstić information content (AvgIpc) is 2.89. The third-order valence-corrected chi connectivity index (χ3v) is 4.95. The molecule has 0 saturated heterocycles. The Hall–Kier alpha value is -2.36. The zero-order valence-corrected chi connectivity index (χ0v) is 12.7. The number of fused-ring (bicyclic) bond motifs is 3. The first-order chi connectivity index (χ1) is 11.1. The molecule has 0 radical (unpaired) electrons. The van der Waals surface area contributed by atoms with Crippen LogP contribution in [0.4, 0.5) is 4.39 Å². The second-order valence-electron chi connectivity index (χ2n) is 6.33. The lowest BCUT2D eigenvalue weighted by molar-refractivity contribution is 0.0697. The van der Waals surface area contributed by atoms with Crippen molar-refractivity contribution >= 4 is 27.8 Å². The van der Waals surface area contributed by atoms with Crippen LogP contribution >= 0.6 is 0 Å². The Morgan fingerprint density at radius 3 is 2.43 bits per heavy atom. The fourth-order valence-electron chi connectivity index (χ4n) is 3.82. The van der Waals surface area contributed by atoms with Crippen LogP contribution in [0.1, 0.15) is 42.1 Å². The van der Waals surface area contributed by atoms with Crippen LogP contribution in [0, 0.1) is 0 Å². The number of nitrogens with zero attached hydrogens (tertiary/aromatic N) is 1. The first-order valence-electron chi connectivity index (χ1n) is 8.05. The van der Waals surface area contributed by atoms with E-state index in [1.54, 1.807) is 12.1 Å². The van der Waals surface area contributed by atoms with Gasteiger partial charge in [-0.1, -0.05) is 24.3 Å².